The van der Waals surface area contributed by atoms with Gasteiger partial charge in [0.2, 0.25) is 0 Å². The van der Waals surface area contributed by atoms with Gasteiger partial charge in [-0.2, -0.15) is 5.10 Å². The van der Waals surface area contributed by atoms with Gasteiger partial charge in [0.1, 0.15) is 22.8 Å². The van der Waals surface area contributed by atoms with E-state index in [2.05, 4.69) is 32.4 Å². The molecule has 1 atom stereocenters. The first-order valence-electron chi connectivity index (χ1n) is 9.14. The highest BCUT2D eigenvalue weighted by molar-refractivity contribution is 7.19. The minimum atomic E-state index is -0.0357. The van der Waals surface area contributed by atoms with Crippen LogP contribution in [0, 0.1) is 0 Å². The second-order valence-electron chi connectivity index (χ2n) is 6.77. The summed E-state index contributed by atoms with van der Waals surface area (Å²) in [6.45, 7) is 2.05. The minimum absolute atomic E-state index is 0.0357. The summed E-state index contributed by atoms with van der Waals surface area (Å²) in [4.78, 5) is 20.7. The van der Waals surface area contributed by atoms with E-state index >= 15 is 0 Å². The van der Waals surface area contributed by atoms with Gasteiger partial charge in [-0.3, -0.25) is 10.1 Å². The zero-order valence-electron chi connectivity index (χ0n) is 14.9. The van der Waals surface area contributed by atoms with E-state index in [1.165, 1.54) is 29.6 Å². The standard InChI is InChI=1S/C19H19N7S/c1-11(16-21-10-22-26-16)23-18-15-13-6-2-3-7-14(13)27-19(15)25-17(24-18)12-5-4-8-20-9-12/h4-5,8-11H,2-3,6-7H2,1H3,(H,21,22,26)(H,23,24,25). The van der Waals surface area contributed by atoms with Crippen molar-refractivity contribution in [2.45, 2.75) is 38.6 Å². The van der Waals surface area contributed by atoms with E-state index in [0.717, 1.165) is 40.3 Å². The number of aromatic nitrogens is 6. The van der Waals surface area contributed by atoms with Crippen molar-refractivity contribution in [3.05, 3.63) is 47.1 Å². The maximum absolute atomic E-state index is 4.88. The summed E-state index contributed by atoms with van der Waals surface area (Å²) in [5, 5.41) is 11.6. The van der Waals surface area contributed by atoms with Crippen molar-refractivity contribution in [1.82, 2.24) is 30.1 Å². The fraction of sp³-hybridized carbons (Fsp3) is 0.316. The molecule has 4 aromatic heterocycles. The Kier molecular flexibility index (Phi) is 4.05. The summed E-state index contributed by atoms with van der Waals surface area (Å²) in [6, 6.07) is 3.87. The van der Waals surface area contributed by atoms with Gasteiger partial charge in [-0.25, -0.2) is 15.0 Å². The van der Waals surface area contributed by atoms with Crippen molar-refractivity contribution in [1.29, 1.82) is 0 Å². The summed E-state index contributed by atoms with van der Waals surface area (Å²) in [5.41, 5.74) is 2.33. The first kappa shape index (κ1) is 16.3. The second-order valence-corrected chi connectivity index (χ2v) is 7.85. The molecule has 8 heteroatoms. The molecule has 1 aliphatic carbocycles. The fourth-order valence-corrected chi connectivity index (χ4v) is 4.84. The third-order valence-corrected chi connectivity index (χ3v) is 6.12. The number of rotatable bonds is 4. The molecular formula is C19H19N7S. The van der Waals surface area contributed by atoms with E-state index in [1.807, 2.05) is 12.1 Å². The summed E-state index contributed by atoms with van der Waals surface area (Å²) in [7, 11) is 0. The average Bonchev–Trinajstić information content (AvgIpc) is 3.36. The number of hydrogen-bond donors (Lipinski definition) is 2. The summed E-state index contributed by atoms with van der Waals surface area (Å²) in [6.07, 6.45) is 9.79. The minimum Gasteiger partial charge on any atom is -0.360 e. The molecule has 0 fully saturated rings. The molecule has 0 radical (unpaired) electrons. The molecule has 0 aliphatic heterocycles. The maximum atomic E-state index is 4.88. The van der Waals surface area contributed by atoms with Gasteiger partial charge in [0, 0.05) is 22.8 Å². The number of aryl methyl sites for hydroxylation is 2. The number of aromatic amines is 1. The van der Waals surface area contributed by atoms with Crippen LogP contribution >= 0.6 is 11.3 Å². The number of nitrogens with one attached hydrogen (secondary N) is 2. The van der Waals surface area contributed by atoms with Crippen LogP contribution in [0.5, 0.6) is 0 Å². The van der Waals surface area contributed by atoms with Gasteiger partial charge >= 0.3 is 0 Å². The molecule has 1 unspecified atom stereocenters. The zero-order chi connectivity index (χ0) is 18.2. The smallest absolute Gasteiger partial charge is 0.164 e. The van der Waals surface area contributed by atoms with E-state index in [0.29, 0.717) is 5.82 Å². The predicted octanol–water partition coefficient (Wildman–Crippen LogP) is 3.92. The van der Waals surface area contributed by atoms with Gasteiger partial charge in [-0.1, -0.05) is 0 Å². The first-order valence-corrected chi connectivity index (χ1v) is 9.96. The van der Waals surface area contributed by atoms with Gasteiger partial charge in [0.25, 0.3) is 0 Å². The highest BCUT2D eigenvalue weighted by Gasteiger charge is 2.23. The second kappa shape index (κ2) is 6.70. The maximum Gasteiger partial charge on any atom is 0.164 e. The number of pyridine rings is 1. The number of H-pyrrole nitrogens is 1. The van der Waals surface area contributed by atoms with Crippen molar-refractivity contribution in [2.75, 3.05) is 5.32 Å². The largest absolute Gasteiger partial charge is 0.360 e. The molecule has 4 aromatic rings. The highest BCUT2D eigenvalue weighted by atomic mass is 32.1. The van der Waals surface area contributed by atoms with Gasteiger partial charge in [-0.05, 0) is 50.3 Å². The van der Waals surface area contributed by atoms with Gasteiger partial charge < -0.3 is 5.32 Å². The monoisotopic (exact) mass is 377 g/mol. The molecule has 0 spiro atoms. The molecule has 0 bridgehead atoms. The molecule has 27 heavy (non-hydrogen) atoms. The Labute approximate surface area is 160 Å². The molecule has 0 aromatic carbocycles. The Bertz CT molecular complexity index is 1070. The average molecular weight is 377 g/mol. The van der Waals surface area contributed by atoms with Crippen LogP contribution < -0.4 is 5.32 Å². The molecule has 0 amide bonds. The van der Waals surface area contributed by atoms with E-state index in [9.17, 15) is 0 Å². The normalized spacial score (nSPS) is 14.9. The predicted molar refractivity (Wildman–Crippen MR) is 106 cm³/mol. The van der Waals surface area contributed by atoms with Crippen molar-refractivity contribution in [2.24, 2.45) is 0 Å². The van der Waals surface area contributed by atoms with Crippen LogP contribution in [0.4, 0.5) is 5.82 Å². The molecule has 7 nitrogen and oxygen atoms in total. The van der Waals surface area contributed by atoms with Crippen molar-refractivity contribution < 1.29 is 0 Å². The van der Waals surface area contributed by atoms with Gasteiger partial charge in [-0.15, -0.1) is 11.3 Å². The Morgan fingerprint density at radius 1 is 1.22 bits per heavy atom. The summed E-state index contributed by atoms with van der Waals surface area (Å²) < 4.78 is 0. The lowest BCUT2D eigenvalue weighted by Crippen LogP contribution is -2.11. The molecule has 5 rings (SSSR count). The SMILES string of the molecule is CC(Nc1nc(-c2cccnc2)nc2sc3c(c12)CCCC3)c1ncn[nH]1. The van der Waals surface area contributed by atoms with Crippen LogP contribution in [0.2, 0.25) is 0 Å². The quantitative estimate of drug-likeness (QED) is 0.560. The van der Waals surface area contributed by atoms with E-state index < -0.39 is 0 Å². The van der Waals surface area contributed by atoms with Crippen molar-refractivity contribution in [3.63, 3.8) is 0 Å². The lowest BCUT2D eigenvalue weighted by Gasteiger charge is -2.16. The number of fused-ring (bicyclic) bond motifs is 3. The fourth-order valence-electron chi connectivity index (χ4n) is 3.58. The first-order chi connectivity index (χ1) is 13.3. The summed E-state index contributed by atoms with van der Waals surface area (Å²) >= 11 is 1.80. The molecule has 4 heterocycles. The van der Waals surface area contributed by atoms with Crippen molar-refractivity contribution >= 4 is 27.4 Å². The molecule has 0 saturated heterocycles. The zero-order valence-corrected chi connectivity index (χ0v) is 15.8. The topological polar surface area (TPSA) is 92.3 Å². The Morgan fingerprint density at radius 3 is 2.96 bits per heavy atom. The van der Waals surface area contributed by atoms with Gasteiger partial charge in [0.15, 0.2) is 5.82 Å². The van der Waals surface area contributed by atoms with Crippen LogP contribution in [0.15, 0.2) is 30.9 Å². The number of hydrogen-bond acceptors (Lipinski definition) is 7. The molecule has 0 saturated carbocycles. The highest BCUT2D eigenvalue weighted by Crippen LogP contribution is 2.40. The van der Waals surface area contributed by atoms with E-state index in [1.54, 1.807) is 23.7 Å². The Morgan fingerprint density at radius 2 is 2.15 bits per heavy atom. The molecule has 2 N–H and O–H groups in total. The Balaban J connectivity index is 1.66. The number of thiophene rings is 1. The van der Waals surface area contributed by atoms with Crippen molar-refractivity contribution in [3.8, 4) is 11.4 Å². The third kappa shape index (κ3) is 2.95. The van der Waals surface area contributed by atoms with Crippen LogP contribution in [-0.4, -0.2) is 30.1 Å². The lowest BCUT2D eigenvalue weighted by molar-refractivity contribution is 0.700. The van der Waals surface area contributed by atoms with Crippen LogP contribution in [0.25, 0.3) is 21.6 Å². The van der Waals surface area contributed by atoms with E-state index in [4.69, 9.17) is 9.97 Å². The van der Waals surface area contributed by atoms with Crippen LogP contribution in [0.3, 0.4) is 0 Å². The summed E-state index contributed by atoms with van der Waals surface area (Å²) in [5.74, 6) is 2.34. The Hall–Kier alpha value is -2.87. The number of nitrogens with zero attached hydrogens (tertiary/aromatic N) is 5. The van der Waals surface area contributed by atoms with Crippen LogP contribution in [-0.2, 0) is 12.8 Å². The molecule has 1 aliphatic rings. The van der Waals surface area contributed by atoms with Crippen LogP contribution in [0.1, 0.15) is 42.1 Å². The molecule has 136 valence electrons. The molecular weight excluding hydrogens is 358 g/mol. The van der Waals surface area contributed by atoms with E-state index in [-0.39, 0.29) is 6.04 Å². The third-order valence-electron chi connectivity index (χ3n) is 4.93. The number of anilines is 1. The van der Waals surface area contributed by atoms with Gasteiger partial charge in [0.05, 0.1) is 11.4 Å². The lowest BCUT2D eigenvalue weighted by atomic mass is 9.97.